The molecule has 0 bridgehead atoms. The first kappa shape index (κ1) is 17.0. The van der Waals surface area contributed by atoms with Gasteiger partial charge in [-0.1, -0.05) is 6.07 Å². The molecule has 0 aliphatic carbocycles. The lowest BCUT2D eigenvalue weighted by molar-refractivity contribution is 0.417. The van der Waals surface area contributed by atoms with Gasteiger partial charge in [-0.2, -0.15) is 9.97 Å². The van der Waals surface area contributed by atoms with Gasteiger partial charge in [-0.15, -0.1) is 0 Å². The van der Waals surface area contributed by atoms with E-state index in [4.69, 9.17) is 10.5 Å². The number of imidazole rings is 1. The first-order chi connectivity index (χ1) is 11.9. The van der Waals surface area contributed by atoms with Gasteiger partial charge in [-0.05, 0) is 17.7 Å². The number of methoxy groups -OCH3 is 1. The first-order valence-corrected chi connectivity index (χ1v) is 9.03. The van der Waals surface area contributed by atoms with Crippen LogP contribution in [0.1, 0.15) is 5.56 Å². The Kier molecular flexibility index (Phi) is 4.21. The highest BCUT2D eigenvalue weighted by Crippen LogP contribution is 2.25. The van der Waals surface area contributed by atoms with E-state index in [1.165, 1.54) is 7.11 Å². The topological polar surface area (TPSA) is 125 Å². The minimum absolute atomic E-state index is 0.262. The van der Waals surface area contributed by atoms with Crippen LogP contribution in [-0.2, 0) is 22.6 Å². The Hall–Kier alpha value is -2.88. The number of nitrogens with one attached hydrogen (secondary N) is 1. The van der Waals surface area contributed by atoms with Gasteiger partial charge in [0.1, 0.15) is 11.3 Å². The fourth-order valence-corrected chi connectivity index (χ4v) is 3.66. The number of anilines is 2. The van der Waals surface area contributed by atoms with Crippen LogP contribution in [0, 0.1) is 0 Å². The van der Waals surface area contributed by atoms with Gasteiger partial charge >= 0.3 is 0 Å². The number of aryl methyl sites for hydroxylation is 1. The number of nitrogens with two attached hydrogens (primary N) is 1. The molecule has 0 saturated carbocycles. The molecule has 3 aromatic rings. The average molecular weight is 362 g/mol. The summed E-state index contributed by atoms with van der Waals surface area (Å²) >= 11 is 0. The van der Waals surface area contributed by atoms with Crippen LogP contribution < -0.4 is 15.8 Å². The lowest BCUT2D eigenvalue weighted by atomic mass is 10.2. The number of hydrogen-bond donors (Lipinski definition) is 2. The van der Waals surface area contributed by atoms with Gasteiger partial charge in [-0.3, -0.25) is 0 Å². The predicted molar refractivity (Wildman–Crippen MR) is 94.1 cm³/mol. The number of benzene rings is 1. The summed E-state index contributed by atoms with van der Waals surface area (Å²) in [6.45, 7) is 0. The third-order valence-corrected chi connectivity index (χ3v) is 5.16. The Bertz CT molecular complexity index is 1040. The molecule has 0 spiro atoms. The maximum atomic E-state index is 12.8. The Morgan fingerprint density at radius 3 is 2.72 bits per heavy atom. The van der Waals surface area contributed by atoms with Crippen LogP contribution >= 0.6 is 0 Å². The van der Waals surface area contributed by atoms with Crippen LogP contribution in [0.2, 0.25) is 0 Å². The molecule has 0 fully saturated rings. The number of hydrogen-bond acceptors (Lipinski definition) is 8. The third-order valence-electron chi connectivity index (χ3n) is 3.71. The summed E-state index contributed by atoms with van der Waals surface area (Å²) in [4.78, 5) is 12.5. The van der Waals surface area contributed by atoms with Crippen LogP contribution in [-0.4, -0.2) is 42.1 Å². The molecule has 0 atom stereocenters. The summed E-state index contributed by atoms with van der Waals surface area (Å²) in [5, 5.41) is 2.59. The molecule has 0 radical (unpaired) electrons. The maximum absolute atomic E-state index is 12.8. The van der Waals surface area contributed by atoms with E-state index in [2.05, 4.69) is 20.3 Å². The zero-order chi connectivity index (χ0) is 18.2. The molecule has 10 heteroatoms. The van der Waals surface area contributed by atoms with E-state index < -0.39 is 9.84 Å². The predicted octanol–water partition coefficient (Wildman–Crippen LogP) is 0.970. The second-order valence-corrected chi connectivity index (χ2v) is 7.35. The van der Waals surface area contributed by atoms with Crippen molar-refractivity contribution in [2.45, 2.75) is 10.9 Å². The SMILES string of the molecule is CNc1nc(S(=O)(=O)Cc2ccc(OC)c(N)c2)nc2c1ncn2C. The highest BCUT2D eigenvalue weighted by Gasteiger charge is 2.23. The van der Waals surface area contributed by atoms with Crippen LogP contribution in [0.25, 0.3) is 11.2 Å². The Morgan fingerprint density at radius 2 is 2.08 bits per heavy atom. The Labute approximate surface area is 144 Å². The van der Waals surface area contributed by atoms with Crippen LogP contribution in [0.15, 0.2) is 29.7 Å². The number of rotatable bonds is 5. The summed E-state index contributed by atoms with van der Waals surface area (Å²) in [6.07, 6.45) is 1.56. The summed E-state index contributed by atoms with van der Waals surface area (Å²) in [5.74, 6) is 0.581. The number of ether oxygens (including phenoxy) is 1. The molecular weight excluding hydrogens is 344 g/mol. The average Bonchev–Trinajstić information content (AvgIpc) is 2.95. The van der Waals surface area contributed by atoms with Crippen LogP contribution in [0.5, 0.6) is 5.75 Å². The lowest BCUT2D eigenvalue weighted by Gasteiger charge is -2.09. The van der Waals surface area contributed by atoms with E-state index in [1.807, 2.05) is 0 Å². The molecule has 2 heterocycles. The van der Waals surface area contributed by atoms with Crippen molar-refractivity contribution in [3.63, 3.8) is 0 Å². The number of nitrogens with zero attached hydrogens (tertiary/aromatic N) is 4. The fraction of sp³-hybridized carbons (Fsp3) is 0.267. The molecule has 2 aromatic heterocycles. The zero-order valence-electron chi connectivity index (χ0n) is 14.0. The summed E-state index contributed by atoms with van der Waals surface area (Å²) in [7, 11) is 1.12. The molecule has 9 nitrogen and oxygen atoms in total. The van der Waals surface area contributed by atoms with E-state index in [9.17, 15) is 8.42 Å². The van der Waals surface area contributed by atoms with E-state index in [0.29, 0.717) is 34.0 Å². The fourth-order valence-electron chi connectivity index (χ4n) is 2.46. The van der Waals surface area contributed by atoms with Gasteiger partial charge in [0.05, 0.1) is 24.9 Å². The zero-order valence-corrected chi connectivity index (χ0v) is 14.8. The molecule has 132 valence electrons. The molecule has 25 heavy (non-hydrogen) atoms. The Balaban J connectivity index is 2.04. The van der Waals surface area contributed by atoms with E-state index in [1.54, 1.807) is 43.2 Å². The molecule has 0 unspecified atom stereocenters. The number of aromatic nitrogens is 4. The van der Waals surface area contributed by atoms with Crippen LogP contribution in [0.4, 0.5) is 11.5 Å². The number of fused-ring (bicyclic) bond motifs is 1. The van der Waals surface area contributed by atoms with Gasteiger partial charge in [0.15, 0.2) is 11.5 Å². The van der Waals surface area contributed by atoms with Crippen molar-refractivity contribution in [3.8, 4) is 5.75 Å². The second kappa shape index (κ2) is 6.20. The van der Waals surface area contributed by atoms with Crippen molar-refractivity contribution in [3.05, 3.63) is 30.1 Å². The van der Waals surface area contributed by atoms with Gasteiger partial charge in [0.2, 0.25) is 9.84 Å². The van der Waals surface area contributed by atoms with Gasteiger partial charge in [-0.25, -0.2) is 13.4 Å². The molecule has 0 amide bonds. The molecule has 0 aliphatic rings. The van der Waals surface area contributed by atoms with Crippen LogP contribution in [0.3, 0.4) is 0 Å². The molecule has 3 N–H and O–H groups in total. The molecule has 1 aromatic carbocycles. The van der Waals surface area contributed by atoms with Gasteiger partial charge in [0, 0.05) is 14.1 Å². The monoisotopic (exact) mass is 362 g/mol. The Morgan fingerprint density at radius 1 is 1.32 bits per heavy atom. The minimum Gasteiger partial charge on any atom is -0.495 e. The summed E-state index contributed by atoms with van der Waals surface area (Å²) < 4.78 is 32.2. The first-order valence-electron chi connectivity index (χ1n) is 7.37. The largest absolute Gasteiger partial charge is 0.495 e. The van der Waals surface area contributed by atoms with Gasteiger partial charge in [0.25, 0.3) is 5.16 Å². The molecule has 0 saturated heterocycles. The normalized spacial score (nSPS) is 11.6. The lowest BCUT2D eigenvalue weighted by Crippen LogP contribution is -2.12. The molecular formula is C15H18N6O3S. The number of nitrogen functional groups attached to an aromatic ring is 1. The minimum atomic E-state index is -3.77. The van der Waals surface area contributed by atoms with Crippen molar-refractivity contribution < 1.29 is 13.2 Å². The maximum Gasteiger partial charge on any atom is 0.251 e. The highest BCUT2D eigenvalue weighted by molar-refractivity contribution is 7.90. The van der Waals surface area contributed by atoms with E-state index >= 15 is 0 Å². The third kappa shape index (κ3) is 3.07. The second-order valence-electron chi connectivity index (χ2n) is 5.47. The van der Waals surface area contributed by atoms with E-state index in [0.717, 1.165) is 0 Å². The van der Waals surface area contributed by atoms with Crippen molar-refractivity contribution in [2.75, 3.05) is 25.2 Å². The quantitative estimate of drug-likeness (QED) is 0.508. The number of sulfone groups is 1. The summed E-state index contributed by atoms with van der Waals surface area (Å²) in [6, 6.07) is 4.84. The highest BCUT2D eigenvalue weighted by atomic mass is 32.2. The van der Waals surface area contributed by atoms with E-state index in [-0.39, 0.29) is 10.9 Å². The molecule has 0 aliphatic heterocycles. The summed E-state index contributed by atoms with van der Waals surface area (Å²) in [5.41, 5.74) is 7.69. The smallest absolute Gasteiger partial charge is 0.251 e. The van der Waals surface area contributed by atoms with Crippen molar-refractivity contribution >= 4 is 32.5 Å². The van der Waals surface area contributed by atoms with Crippen molar-refractivity contribution in [1.29, 1.82) is 0 Å². The van der Waals surface area contributed by atoms with Gasteiger partial charge < -0.3 is 20.4 Å². The van der Waals surface area contributed by atoms with Crippen molar-refractivity contribution in [2.24, 2.45) is 7.05 Å². The standard InChI is InChI=1S/C15H18N6O3S/c1-17-13-12-14(21(2)8-18-12)20-15(19-13)25(22,23)7-9-4-5-11(24-3)10(16)6-9/h4-6,8H,7,16H2,1-3H3,(H,17,19,20). The molecule has 3 rings (SSSR count). The van der Waals surface area contributed by atoms with Crippen molar-refractivity contribution in [1.82, 2.24) is 19.5 Å².